The lowest BCUT2D eigenvalue weighted by molar-refractivity contribution is 0.174. The van der Waals surface area contributed by atoms with Crippen LogP contribution < -0.4 is 20.7 Å². The number of aromatic amines is 1. The Morgan fingerprint density at radius 2 is 2.05 bits per heavy atom. The van der Waals surface area contributed by atoms with Crippen LogP contribution in [0.1, 0.15) is 0 Å². The highest BCUT2D eigenvalue weighted by Crippen LogP contribution is 2.36. The lowest BCUT2D eigenvalue weighted by atomic mass is 9.96. The molecule has 0 fully saturated rings. The van der Waals surface area contributed by atoms with Gasteiger partial charge in [-0.2, -0.15) is 0 Å². The van der Waals surface area contributed by atoms with Gasteiger partial charge in [0, 0.05) is 4.90 Å². The van der Waals surface area contributed by atoms with Crippen molar-refractivity contribution in [1.82, 2.24) is 19.9 Å². The topological polar surface area (TPSA) is 98.9 Å². The fourth-order valence-electron chi connectivity index (χ4n) is 2.01. The minimum Gasteiger partial charge on any atom is -0.454 e. The van der Waals surface area contributed by atoms with Crippen LogP contribution in [0.3, 0.4) is 0 Å². The van der Waals surface area contributed by atoms with Gasteiger partial charge in [0.1, 0.15) is 19.7 Å². The Labute approximate surface area is 124 Å². The number of rotatable bonds is 2. The van der Waals surface area contributed by atoms with Crippen LogP contribution in [0.25, 0.3) is 11.2 Å². The highest BCUT2D eigenvalue weighted by atomic mass is 32.2. The van der Waals surface area contributed by atoms with Crippen molar-refractivity contribution in [3.8, 4) is 11.5 Å². The summed E-state index contributed by atoms with van der Waals surface area (Å²) >= 11 is 1.36. The van der Waals surface area contributed by atoms with Crippen LogP contribution in [0.2, 0.25) is 0 Å². The lowest BCUT2D eigenvalue weighted by Gasteiger charge is -2.05. The smallest absolute Gasteiger partial charge is 0.231 e. The number of nitrogens with one attached hydrogen (secondary N) is 1. The van der Waals surface area contributed by atoms with E-state index in [2.05, 4.69) is 19.9 Å². The second-order valence-corrected chi connectivity index (χ2v) is 5.38. The summed E-state index contributed by atoms with van der Waals surface area (Å²) in [6.07, 6.45) is 1.38. The third kappa shape index (κ3) is 2.06. The number of imidazole rings is 1. The molecule has 0 atom stereocenters. The normalized spacial score (nSPS) is 13.0. The summed E-state index contributed by atoms with van der Waals surface area (Å²) in [5.74, 6) is 1.68. The fraction of sp³-hybridized carbons (Fsp3) is 0.0833. The van der Waals surface area contributed by atoms with Crippen LogP contribution in [-0.4, -0.2) is 34.6 Å². The molecule has 3 aromatic rings. The van der Waals surface area contributed by atoms with E-state index in [1.807, 2.05) is 6.07 Å². The van der Waals surface area contributed by atoms with Gasteiger partial charge >= 0.3 is 0 Å². The molecule has 1 aliphatic rings. The molecule has 21 heavy (non-hydrogen) atoms. The molecule has 2 radical (unpaired) electrons. The highest BCUT2D eigenvalue weighted by Gasteiger charge is 2.17. The quantitative estimate of drug-likeness (QED) is 0.668. The van der Waals surface area contributed by atoms with Crippen molar-refractivity contribution in [3.05, 3.63) is 18.5 Å². The van der Waals surface area contributed by atoms with Crippen LogP contribution in [0.4, 0.5) is 5.82 Å². The summed E-state index contributed by atoms with van der Waals surface area (Å²) in [4.78, 5) is 16.2. The average Bonchev–Trinajstić information content (AvgIpc) is 3.06. The number of aromatic nitrogens is 4. The van der Waals surface area contributed by atoms with Crippen molar-refractivity contribution in [2.24, 2.45) is 0 Å². The van der Waals surface area contributed by atoms with E-state index < -0.39 is 0 Å². The number of ether oxygens (including phenoxy) is 2. The van der Waals surface area contributed by atoms with Crippen molar-refractivity contribution < 1.29 is 9.47 Å². The molecule has 3 heterocycles. The molecular formula is C12H8BN5O2S. The van der Waals surface area contributed by atoms with Gasteiger partial charge in [-0.25, -0.2) is 15.0 Å². The van der Waals surface area contributed by atoms with Gasteiger partial charge in [-0.3, -0.25) is 0 Å². The molecule has 2 aromatic heterocycles. The predicted octanol–water partition coefficient (Wildman–Crippen LogP) is 0.609. The van der Waals surface area contributed by atoms with Gasteiger partial charge in [-0.05, 0) is 12.1 Å². The number of nitrogen functional groups attached to an aromatic ring is 1. The summed E-state index contributed by atoms with van der Waals surface area (Å²) < 4.78 is 10.6. The van der Waals surface area contributed by atoms with Gasteiger partial charge in [0.2, 0.25) is 6.79 Å². The first-order chi connectivity index (χ1) is 10.2. The Kier molecular flexibility index (Phi) is 2.68. The number of nitrogens with two attached hydrogens (primary N) is 1. The van der Waals surface area contributed by atoms with Gasteiger partial charge in [0.25, 0.3) is 0 Å². The zero-order valence-electron chi connectivity index (χ0n) is 10.7. The minimum atomic E-state index is 0.208. The molecule has 0 amide bonds. The summed E-state index contributed by atoms with van der Waals surface area (Å²) in [5.41, 5.74) is 7.49. The van der Waals surface area contributed by atoms with Crippen molar-refractivity contribution >= 4 is 42.1 Å². The third-order valence-electron chi connectivity index (χ3n) is 3.01. The fourth-order valence-corrected chi connectivity index (χ4v) is 2.84. The van der Waals surface area contributed by atoms with Crippen LogP contribution in [0.5, 0.6) is 11.5 Å². The van der Waals surface area contributed by atoms with Crippen LogP contribution in [0.15, 0.2) is 28.5 Å². The number of hydrogen-bond acceptors (Lipinski definition) is 7. The molecule has 102 valence electrons. The van der Waals surface area contributed by atoms with Crippen molar-refractivity contribution in [2.45, 2.75) is 10.1 Å². The monoisotopic (exact) mass is 297 g/mol. The Hall–Kier alpha value is -2.42. The Bertz CT molecular complexity index is 853. The molecule has 3 N–H and O–H groups in total. The lowest BCUT2D eigenvalue weighted by Crippen LogP contribution is -2.05. The maximum absolute atomic E-state index is 6.01. The Morgan fingerprint density at radius 3 is 2.86 bits per heavy atom. The van der Waals surface area contributed by atoms with Gasteiger partial charge in [-0.15, -0.1) is 0 Å². The molecule has 7 nitrogen and oxygen atoms in total. The van der Waals surface area contributed by atoms with E-state index in [9.17, 15) is 0 Å². The SMILES string of the molecule is [B]c1cc2c(cc1Sc1nc3ncnc(N)c3[nH]1)OCO2. The number of hydrogen-bond donors (Lipinski definition) is 2. The number of benzene rings is 1. The maximum Gasteiger partial charge on any atom is 0.231 e. The first-order valence-corrected chi connectivity index (χ1v) is 6.85. The van der Waals surface area contributed by atoms with E-state index in [4.69, 9.17) is 23.1 Å². The van der Waals surface area contributed by atoms with E-state index in [0.29, 0.717) is 39.1 Å². The number of anilines is 1. The number of nitrogens with zero attached hydrogens (tertiary/aromatic N) is 3. The third-order valence-corrected chi connectivity index (χ3v) is 3.97. The predicted molar refractivity (Wildman–Crippen MR) is 78.2 cm³/mol. The largest absolute Gasteiger partial charge is 0.454 e. The zero-order valence-corrected chi connectivity index (χ0v) is 11.5. The Balaban J connectivity index is 1.73. The van der Waals surface area contributed by atoms with E-state index in [-0.39, 0.29) is 6.79 Å². The van der Waals surface area contributed by atoms with Crippen molar-refractivity contribution in [3.63, 3.8) is 0 Å². The second-order valence-electron chi connectivity index (χ2n) is 4.34. The molecule has 0 aliphatic carbocycles. The molecule has 0 saturated heterocycles. The second kappa shape index (κ2) is 4.56. The molecule has 9 heteroatoms. The first kappa shape index (κ1) is 12.3. The summed E-state index contributed by atoms with van der Waals surface area (Å²) in [7, 11) is 6.01. The molecule has 0 unspecified atom stereocenters. The van der Waals surface area contributed by atoms with Crippen LogP contribution >= 0.6 is 11.8 Å². The molecular weight excluding hydrogens is 289 g/mol. The number of H-pyrrole nitrogens is 1. The molecule has 0 spiro atoms. The Morgan fingerprint density at radius 1 is 1.24 bits per heavy atom. The zero-order chi connectivity index (χ0) is 14.4. The van der Waals surface area contributed by atoms with Gasteiger partial charge in [0.15, 0.2) is 28.1 Å². The van der Waals surface area contributed by atoms with E-state index in [1.165, 1.54) is 18.1 Å². The number of fused-ring (bicyclic) bond motifs is 2. The minimum absolute atomic E-state index is 0.208. The van der Waals surface area contributed by atoms with E-state index >= 15 is 0 Å². The molecule has 4 rings (SSSR count). The standard InChI is InChI=1S/C12H8BN5O2S/c13-5-1-6-7(20-4-19-6)2-8(5)21-12-17-9-10(14)15-3-16-11(9)18-12/h1-3H,4H2,(H3,14,15,16,17,18). The molecule has 0 bridgehead atoms. The van der Waals surface area contributed by atoms with Gasteiger partial charge in [-0.1, -0.05) is 17.2 Å². The van der Waals surface area contributed by atoms with Gasteiger partial charge in [0.05, 0.1) is 0 Å². The first-order valence-electron chi connectivity index (χ1n) is 6.04. The molecule has 1 aliphatic heterocycles. The van der Waals surface area contributed by atoms with Gasteiger partial charge < -0.3 is 20.2 Å². The molecule has 0 saturated carbocycles. The maximum atomic E-state index is 6.01. The van der Waals surface area contributed by atoms with E-state index in [0.717, 1.165) is 4.90 Å². The van der Waals surface area contributed by atoms with Crippen molar-refractivity contribution in [1.29, 1.82) is 0 Å². The summed E-state index contributed by atoms with van der Waals surface area (Å²) in [5, 5.41) is 0.628. The highest BCUT2D eigenvalue weighted by molar-refractivity contribution is 7.99. The van der Waals surface area contributed by atoms with Crippen molar-refractivity contribution in [2.75, 3.05) is 12.5 Å². The van der Waals surface area contributed by atoms with E-state index in [1.54, 1.807) is 6.07 Å². The summed E-state index contributed by atoms with van der Waals surface area (Å²) in [6, 6.07) is 3.56. The van der Waals surface area contributed by atoms with Crippen LogP contribution in [-0.2, 0) is 0 Å². The summed E-state index contributed by atoms with van der Waals surface area (Å²) in [6.45, 7) is 0.208. The van der Waals surface area contributed by atoms with Crippen LogP contribution in [0, 0.1) is 0 Å². The average molecular weight is 297 g/mol. The molecule has 1 aromatic carbocycles.